The summed E-state index contributed by atoms with van der Waals surface area (Å²) in [7, 11) is 0. The molecule has 0 aliphatic heterocycles. The van der Waals surface area contributed by atoms with Crippen LogP contribution in [0.15, 0.2) is 48.5 Å². The Labute approximate surface area is 200 Å². The lowest BCUT2D eigenvalue weighted by atomic mass is 9.92. The monoisotopic (exact) mass is 474 g/mol. The second-order valence-electron chi connectivity index (χ2n) is 9.21. The van der Waals surface area contributed by atoms with E-state index in [2.05, 4.69) is 26.1 Å². The van der Waals surface area contributed by atoms with Crippen molar-refractivity contribution >= 4 is 17.7 Å². The SMILES string of the molecule is CCOC(Cc1ccc(OCCN(CCC(C)(C)C)C(=O)Nc2ccc(F)cc2)cc1)C(=O)O. The van der Waals surface area contributed by atoms with Crippen molar-refractivity contribution in [2.24, 2.45) is 5.41 Å². The Kier molecular flexibility index (Phi) is 10.3. The molecule has 2 amide bonds. The van der Waals surface area contributed by atoms with Gasteiger partial charge in [0.1, 0.15) is 18.2 Å². The molecule has 1 atom stereocenters. The number of carboxylic acids is 1. The summed E-state index contributed by atoms with van der Waals surface area (Å²) < 4.78 is 24.2. The molecule has 2 aromatic carbocycles. The van der Waals surface area contributed by atoms with E-state index in [1.54, 1.807) is 24.0 Å². The number of rotatable bonds is 12. The number of carboxylic acid groups (broad SMARTS) is 1. The Bertz CT molecular complexity index is 910. The maximum Gasteiger partial charge on any atom is 0.333 e. The summed E-state index contributed by atoms with van der Waals surface area (Å²) in [4.78, 5) is 25.8. The molecule has 2 aromatic rings. The zero-order valence-electron chi connectivity index (χ0n) is 20.3. The molecule has 34 heavy (non-hydrogen) atoms. The quantitative estimate of drug-likeness (QED) is 0.441. The van der Waals surface area contributed by atoms with Crippen molar-refractivity contribution in [1.29, 1.82) is 0 Å². The largest absolute Gasteiger partial charge is 0.492 e. The first-order valence-corrected chi connectivity index (χ1v) is 11.4. The number of nitrogens with one attached hydrogen (secondary N) is 1. The Morgan fingerprint density at radius 2 is 1.71 bits per heavy atom. The van der Waals surface area contributed by atoms with Gasteiger partial charge in [0.15, 0.2) is 6.10 Å². The molecule has 0 spiro atoms. The molecule has 2 N–H and O–H groups in total. The second-order valence-corrected chi connectivity index (χ2v) is 9.21. The number of carbonyl (C=O) groups excluding carboxylic acids is 1. The molecule has 0 radical (unpaired) electrons. The number of nitrogens with zero attached hydrogens (tertiary/aromatic N) is 1. The molecule has 0 fully saturated rings. The summed E-state index contributed by atoms with van der Waals surface area (Å²) in [5.74, 6) is -0.725. The standard InChI is InChI=1S/C26H35FN2O5/c1-5-33-23(24(30)31)18-19-6-12-22(13-7-19)34-17-16-29(15-14-26(2,3)4)25(32)28-21-10-8-20(27)9-11-21/h6-13,23H,5,14-18H2,1-4H3,(H,28,32)(H,30,31). The normalized spacial score (nSPS) is 12.1. The van der Waals surface area contributed by atoms with Gasteiger partial charge in [0.25, 0.3) is 0 Å². The van der Waals surface area contributed by atoms with Gasteiger partial charge in [-0.2, -0.15) is 0 Å². The maximum atomic E-state index is 13.1. The van der Waals surface area contributed by atoms with Crippen LogP contribution in [0.3, 0.4) is 0 Å². The topological polar surface area (TPSA) is 88.1 Å². The molecule has 0 saturated carbocycles. The first kappa shape index (κ1) is 27.1. The van der Waals surface area contributed by atoms with Crippen molar-refractivity contribution in [3.8, 4) is 5.75 Å². The smallest absolute Gasteiger partial charge is 0.333 e. The number of aliphatic carboxylic acids is 1. The van der Waals surface area contributed by atoms with Crippen LogP contribution in [0, 0.1) is 11.2 Å². The maximum absolute atomic E-state index is 13.1. The number of amides is 2. The number of hydrogen-bond donors (Lipinski definition) is 2. The number of hydrogen-bond acceptors (Lipinski definition) is 4. The molecule has 7 nitrogen and oxygen atoms in total. The lowest BCUT2D eigenvalue weighted by molar-refractivity contribution is -0.149. The lowest BCUT2D eigenvalue weighted by Crippen LogP contribution is -2.39. The molecule has 0 aliphatic rings. The van der Waals surface area contributed by atoms with E-state index in [0.29, 0.717) is 31.1 Å². The van der Waals surface area contributed by atoms with Gasteiger partial charge in [0.05, 0.1) is 6.54 Å². The predicted molar refractivity (Wildman–Crippen MR) is 130 cm³/mol. The third-order valence-corrected chi connectivity index (χ3v) is 5.13. The highest BCUT2D eigenvalue weighted by molar-refractivity contribution is 5.89. The van der Waals surface area contributed by atoms with Gasteiger partial charge in [-0.25, -0.2) is 14.0 Å². The van der Waals surface area contributed by atoms with Crippen LogP contribution in [-0.4, -0.2) is 54.4 Å². The third kappa shape index (κ3) is 9.79. The van der Waals surface area contributed by atoms with Crippen molar-refractivity contribution in [2.45, 2.75) is 46.6 Å². The highest BCUT2D eigenvalue weighted by atomic mass is 19.1. The average molecular weight is 475 g/mol. The van der Waals surface area contributed by atoms with E-state index in [0.717, 1.165) is 12.0 Å². The van der Waals surface area contributed by atoms with Crippen molar-refractivity contribution in [3.63, 3.8) is 0 Å². The molecule has 0 bridgehead atoms. The van der Waals surface area contributed by atoms with E-state index in [1.807, 2.05) is 12.1 Å². The fourth-order valence-electron chi connectivity index (χ4n) is 3.15. The number of carbonyl (C=O) groups is 2. The van der Waals surface area contributed by atoms with Gasteiger partial charge in [-0.3, -0.25) is 0 Å². The highest BCUT2D eigenvalue weighted by Gasteiger charge is 2.19. The second kappa shape index (κ2) is 12.9. The van der Waals surface area contributed by atoms with Crippen LogP contribution in [0.2, 0.25) is 0 Å². The van der Waals surface area contributed by atoms with E-state index in [9.17, 15) is 19.1 Å². The Hall–Kier alpha value is -3.13. The molecule has 0 saturated heterocycles. The molecule has 0 heterocycles. The number of benzene rings is 2. The van der Waals surface area contributed by atoms with Crippen molar-refractivity contribution in [2.75, 3.05) is 31.6 Å². The summed E-state index contributed by atoms with van der Waals surface area (Å²) in [6.45, 7) is 9.64. The van der Waals surface area contributed by atoms with E-state index in [1.165, 1.54) is 24.3 Å². The molecule has 186 valence electrons. The fraction of sp³-hybridized carbons (Fsp3) is 0.462. The molecule has 2 rings (SSSR count). The summed E-state index contributed by atoms with van der Waals surface area (Å²) in [6, 6.07) is 12.5. The molecule has 1 unspecified atom stereocenters. The summed E-state index contributed by atoms with van der Waals surface area (Å²) in [5, 5.41) is 12.0. The Morgan fingerprint density at radius 1 is 1.06 bits per heavy atom. The number of ether oxygens (including phenoxy) is 2. The van der Waals surface area contributed by atoms with E-state index < -0.39 is 12.1 Å². The van der Waals surface area contributed by atoms with Crippen LogP contribution < -0.4 is 10.1 Å². The minimum absolute atomic E-state index is 0.0559. The first-order valence-electron chi connectivity index (χ1n) is 11.4. The van der Waals surface area contributed by atoms with Gasteiger partial charge < -0.3 is 24.8 Å². The minimum Gasteiger partial charge on any atom is -0.492 e. The van der Waals surface area contributed by atoms with Crippen LogP contribution in [0.25, 0.3) is 0 Å². The van der Waals surface area contributed by atoms with Crippen molar-refractivity contribution < 1.29 is 28.6 Å². The van der Waals surface area contributed by atoms with Gasteiger partial charge in [0, 0.05) is 25.3 Å². The zero-order valence-corrected chi connectivity index (χ0v) is 20.3. The Balaban J connectivity index is 1.93. The van der Waals surface area contributed by atoms with Crippen LogP contribution in [0.1, 0.15) is 39.7 Å². The summed E-state index contributed by atoms with van der Waals surface area (Å²) >= 11 is 0. The fourth-order valence-corrected chi connectivity index (χ4v) is 3.15. The van der Waals surface area contributed by atoms with Crippen molar-refractivity contribution in [3.05, 3.63) is 59.9 Å². The average Bonchev–Trinajstić information content (AvgIpc) is 2.77. The van der Waals surface area contributed by atoms with Gasteiger partial charge >= 0.3 is 12.0 Å². The first-order chi connectivity index (χ1) is 16.1. The van der Waals surface area contributed by atoms with Crippen molar-refractivity contribution in [1.82, 2.24) is 4.90 Å². The van der Waals surface area contributed by atoms with Gasteiger partial charge in [-0.05, 0) is 60.7 Å². The highest BCUT2D eigenvalue weighted by Crippen LogP contribution is 2.20. The van der Waals surface area contributed by atoms with Crippen LogP contribution in [0.4, 0.5) is 14.9 Å². The summed E-state index contributed by atoms with van der Waals surface area (Å²) in [6.07, 6.45) is 0.198. The molecule has 0 aromatic heterocycles. The minimum atomic E-state index is -0.989. The van der Waals surface area contributed by atoms with Crippen LogP contribution in [0.5, 0.6) is 5.75 Å². The lowest BCUT2D eigenvalue weighted by Gasteiger charge is -2.27. The number of halogens is 1. The van der Waals surface area contributed by atoms with Gasteiger partial charge in [-0.1, -0.05) is 32.9 Å². The van der Waals surface area contributed by atoms with Gasteiger partial charge in [0.2, 0.25) is 0 Å². The van der Waals surface area contributed by atoms with Crippen LogP contribution in [-0.2, 0) is 16.0 Å². The number of urea groups is 1. The van der Waals surface area contributed by atoms with Gasteiger partial charge in [-0.15, -0.1) is 0 Å². The third-order valence-electron chi connectivity index (χ3n) is 5.13. The Morgan fingerprint density at radius 3 is 2.26 bits per heavy atom. The zero-order chi connectivity index (χ0) is 25.1. The molecule has 0 aliphatic carbocycles. The van der Waals surface area contributed by atoms with E-state index in [-0.39, 0.29) is 30.3 Å². The molecular formula is C26H35FN2O5. The molecular weight excluding hydrogens is 439 g/mol. The van der Waals surface area contributed by atoms with Crippen LogP contribution >= 0.6 is 0 Å². The summed E-state index contributed by atoms with van der Waals surface area (Å²) in [5.41, 5.74) is 1.41. The number of anilines is 1. The van der Waals surface area contributed by atoms with E-state index in [4.69, 9.17) is 9.47 Å². The van der Waals surface area contributed by atoms with E-state index >= 15 is 0 Å². The molecule has 8 heteroatoms. The predicted octanol–water partition coefficient (Wildman–Crippen LogP) is 5.21.